The lowest BCUT2D eigenvalue weighted by atomic mass is 10.1. The van der Waals surface area contributed by atoms with Crippen LogP contribution in [-0.4, -0.2) is 30.7 Å². The van der Waals surface area contributed by atoms with Gasteiger partial charge in [-0.05, 0) is 40.9 Å². The molecule has 5 heteroatoms. The summed E-state index contributed by atoms with van der Waals surface area (Å²) >= 11 is 5.30. The van der Waals surface area contributed by atoms with Crippen LogP contribution in [0.25, 0.3) is 0 Å². The minimum absolute atomic E-state index is 0.187. The standard InChI is InChI=1S/C12H16BrNO2S/c1-3-16-12(15)14-5-4-9-6-10(13)17-11(9)8(2)7-14/h6,8H,3-5,7H2,1-2H3. The molecule has 1 unspecified atom stereocenters. The average Bonchev–Trinajstić information content (AvgIpc) is 2.59. The van der Waals surface area contributed by atoms with Crippen molar-refractivity contribution in [2.75, 3.05) is 19.7 Å². The van der Waals surface area contributed by atoms with Crippen LogP contribution >= 0.6 is 27.3 Å². The molecule has 0 bridgehead atoms. The van der Waals surface area contributed by atoms with Crippen molar-refractivity contribution in [3.05, 3.63) is 20.3 Å². The SMILES string of the molecule is CCOC(=O)N1CCc2cc(Br)sc2C(C)C1. The summed E-state index contributed by atoms with van der Waals surface area (Å²) < 4.78 is 6.25. The van der Waals surface area contributed by atoms with Crippen LogP contribution in [0.2, 0.25) is 0 Å². The van der Waals surface area contributed by atoms with Gasteiger partial charge in [0.15, 0.2) is 0 Å². The molecule has 1 amide bonds. The van der Waals surface area contributed by atoms with Crippen molar-refractivity contribution in [3.8, 4) is 0 Å². The van der Waals surface area contributed by atoms with Crippen LogP contribution in [0, 0.1) is 0 Å². The normalized spacial score (nSPS) is 19.7. The highest BCUT2D eigenvalue weighted by molar-refractivity contribution is 9.11. The Hall–Kier alpha value is -0.550. The van der Waals surface area contributed by atoms with Crippen molar-refractivity contribution in [3.63, 3.8) is 0 Å². The zero-order valence-corrected chi connectivity index (χ0v) is 12.4. The zero-order chi connectivity index (χ0) is 12.4. The molecule has 0 saturated heterocycles. The second kappa shape index (κ2) is 5.40. The maximum absolute atomic E-state index is 11.7. The smallest absolute Gasteiger partial charge is 0.409 e. The molecule has 0 N–H and O–H groups in total. The van der Waals surface area contributed by atoms with E-state index < -0.39 is 0 Å². The number of ether oxygens (including phenoxy) is 1. The fourth-order valence-electron chi connectivity index (χ4n) is 2.16. The van der Waals surface area contributed by atoms with Crippen molar-refractivity contribution < 1.29 is 9.53 Å². The predicted octanol–water partition coefficient (Wildman–Crippen LogP) is 3.63. The Bertz CT molecular complexity index is 419. The largest absolute Gasteiger partial charge is 0.450 e. The minimum atomic E-state index is -0.187. The second-order valence-electron chi connectivity index (χ2n) is 4.24. The highest BCUT2D eigenvalue weighted by atomic mass is 79.9. The average molecular weight is 318 g/mol. The summed E-state index contributed by atoms with van der Waals surface area (Å²) in [5.74, 6) is 0.383. The number of fused-ring (bicyclic) bond motifs is 1. The number of hydrogen-bond donors (Lipinski definition) is 0. The third-order valence-electron chi connectivity index (χ3n) is 2.93. The van der Waals surface area contributed by atoms with E-state index in [0.717, 1.165) is 19.5 Å². The molecule has 1 aliphatic heterocycles. The van der Waals surface area contributed by atoms with Crippen LogP contribution in [0.3, 0.4) is 0 Å². The second-order valence-corrected chi connectivity index (χ2v) is 6.70. The van der Waals surface area contributed by atoms with Gasteiger partial charge in [-0.2, -0.15) is 0 Å². The lowest BCUT2D eigenvalue weighted by Gasteiger charge is -2.21. The van der Waals surface area contributed by atoms with Gasteiger partial charge in [0.05, 0.1) is 10.4 Å². The third-order valence-corrected chi connectivity index (χ3v) is 4.84. The molecular weight excluding hydrogens is 302 g/mol. The van der Waals surface area contributed by atoms with Gasteiger partial charge in [0.25, 0.3) is 0 Å². The molecule has 0 fully saturated rings. The van der Waals surface area contributed by atoms with Gasteiger partial charge in [0.2, 0.25) is 0 Å². The van der Waals surface area contributed by atoms with Crippen LogP contribution in [0.15, 0.2) is 9.85 Å². The van der Waals surface area contributed by atoms with Gasteiger partial charge >= 0.3 is 6.09 Å². The van der Waals surface area contributed by atoms with E-state index in [1.54, 1.807) is 11.3 Å². The third kappa shape index (κ3) is 2.83. The van der Waals surface area contributed by atoms with E-state index in [9.17, 15) is 4.79 Å². The number of carbonyl (C=O) groups is 1. The summed E-state index contributed by atoms with van der Waals surface area (Å²) in [5.41, 5.74) is 1.36. The molecule has 0 saturated carbocycles. The molecule has 94 valence electrons. The lowest BCUT2D eigenvalue weighted by Crippen LogP contribution is -2.34. The predicted molar refractivity (Wildman–Crippen MR) is 72.7 cm³/mol. The van der Waals surface area contributed by atoms with Crippen molar-refractivity contribution in [1.29, 1.82) is 0 Å². The van der Waals surface area contributed by atoms with Gasteiger partial charge in [-0.1, -0.05) is 6.92 Å². The Labute approximate surface area is 114 Å². The van der Waals surface area contributed by atoms with Crippen molar-refractivity contribution in [2.45, 2.75) is 26.2 Å². The first-order chi connectivity index (χ1) is 8.11. The summed E-state index contributed by atoms with van der Waals surface area (Å²) in [6.45, 7) is 5.95. The van der Waals surface area contributed by atoms with Crippen LogP contribution in [0.1, 0.15) is 30.2 Å². The van der Waals surface area contributed by atoms with Gasteiger partial charge in [0.1, 0.15) is 0 Å². The Morgan fingerprint density at radius 1 is 1.71 bits per heavy atom. The fourth-order valence-corrected chi connectivity index (χ4v) is 3.94. The van der Waals surface area contributed by atoms with E-state index in [0.29, 0.717) is 12.5 Å². The molecule has 1 aromatic rings. The molecule has 0 spiro atoms. The molecule has 0 radical (unpaired) electrons. The molecule has 0 aliphatic carbocycles. The molecule has 2 rings (SSSR count). The van der Waals surface area contributed by atoms with Crippen molar-refractivity contribution in [2.24, 2.45) is 0 Å². The van der Waals surface area contributed by atoms with Gasteiger partial charge in [-0.3, -0.25) is 0 Å². The maximum Gasteiger partial charge on any atom is 0.409 e. The quantitative estimate of drug-likeness (QED) is 0.791. The summed E-state index contributed by atoms with van der Waals surface area (Å²) in [7, 11) is 0. The van der Waals surface area contributed by atoms with E-state index in [4.69, 9.17) is 4.74 Å². The summed E-state index contributed by atoms with van der Waals surface area (Å²) in [4.78, 5) is 14.9. The van der Waals surface area contributed by atoms with Crippen molar-refractivity contribution in [1.82, 2.24) is 4.90 Å². The number of halogens is 1. The fraction of sp³-hybridized carbons (Fsp3) is 0.583. The van der Waals surface area contributed by atoms with Gasteiger partial charge < -0.3 is 9.64 Å². The van der Waals surface area contributed by atoms with Crippen LogP contribution in [-0.2, 0) is 11.2 Å². The van der Waals surface area contributed by atoms with E-state index in [2.05, 4.69) is 28.9 Å². The highest BCUT2D eigenvalue weighted by Crippen LogP contribution is 2.35. The molecule has 3 nitrogen and oxygen atoms in total. The summed E-state index contributed by atoms with van der Waals surface area (Å²) in [6.07, 6.45) is 0.731. The zero-order valence-electron chi connectivity index (χ0n) is 10.0. The van der Waals surface area contributed by atoms with Gasteiger partial charge in [-0.15, -0.1) is 11.3 Å². The Balaban J connectivity index is 2.12. The molecule has 1 aromatic heterocycles. The van der Waals surface area contributed by atoms with Gasteiger partial charge in [-0.25, -0.2) is 4.79 Å². The Morgan fingerprint density at radius 2 is 2.47 bits per heavy atom. The first-order valence-corrected chi connectivity index (χ1v) is 7.42. The molecule has 17 heavy (non-hydrogen) atoms. The number of nitrogens with zero attached hydrogens (tertiary/aromatic N) is 1. The minimum Gasteiger partial charge on any atom is -0.450 e. The topological polar surface area (TPSA) is 29.5 Å². The van der Waals surface area contributed by atoms with Crippen LogP contribution < -0.4 is 0 Å². The number of thiophene rings is 1. The summed E-state index contributed by atoms with van der Waals surface area (Å²) in [6, 6.07) is 2.17. The first kappa shape index (κ1) is 12.9. The molecular formula is C12H16BrNO2S. The first-order valence-electron chi connectivity index (χ1n) is 5.81. The van der Waals surface area contributed by atoms with Crippen LogP contribution in [0.4, 0.5) is 4.79 Å². The van der Waals surface area contributed by atoms with E-state index in [-0.39, 0.29) is 6.09 Å². The summed E-state index contributed by atoms with van der Waals surface area (Å²) in [5, 5.41) is 0. The molecule has 2 heterocycles. The van der Waals surface area contributed by atoms with E-state index >= 15 is 0 Å². The molecule has 1 aliphatic rings. The number of hydrogen-bond acceptors (Lipinski definition) is 3. The number of carbonyl (C=O) groups excluding carboxylic acids is 1. The Morgan fingerprint density at radius 3 is 3.18 bits per heavy atom. The number of rotatable bonds is 1. The van der Waals surface area contributed by atoms with E-state index in [1.807, 2.05) is 11.8 Å². The number of amides is 1. The highest BCUT2D eigenvalue weighted by Gasteiger charge is 2.25. The molecule has 1 atom stereocenters. The van der Waals surface area contributed by atoms with Crippen molar-refractivity contribution >= 4 is 33.4 Å². The molecule has 0 aromatic carbocycles. The lowest BCUT2D eigenvalue weighted by molar-refractivity contribution is 0.107. The van der Waals surface area contributed by atoms with Gasteiger partial charge in [0, 0.05) is 23.9 Å². The van der Waals surface area contributed by atoms with E-state index in [1.165, 1.54) is 14.2 Å². The maximum atomic E-state index is 11.7. The van der Waals surface area contributed by atoms with Crippen LogP contribution in [0.5, 0.6) is 0 Å². The monoisotopic (exact) mass is 317 g/mol. The Kier molecular flexibility index (Phi) is 4.09.